The highest BCUT2D eigenvalue weighted by Crippen LogP contribution is 2.33. The number of benzene rings is 1. The lowest BCUT2D eigenvalue weighted by Gasteiger charge is -2.25. The summed E-state index contributed by atoms with van der Waals surface area (Å²) >= 11 is 6.32. The highest BCUT2D eigenvalue weighted by atomic mass is 35.5. The van der Waals surface area contributed by atoms with E-state index in [1.807, 2.05) is 12.1 Å². The molecule has 1 saturated heterocycles. The zero-order valence-electron chi connectivity index (χ0n) is 11.4. The Kier molecular flexibility index (Phi) is 4.17. The molecule has 0 unspecified atom stereocenters. The molecule has 3 rings (SSSR count). The molecule has 1 aliphatic carbocycles. The van der Waals surface area contributed by atoms with Crippen LogP contribution in [0, 0.1) is 0 Å². The summed E-state index contributed by atoms with van der Waals surface area (Å²) in [6, 6.07) is 6.12. The molecule has 0 N–H and O–H groups in total. The van der Waals surface area contributed by atoms with Crippen molar-refractivity contribution in [1.29, 1.82) is 0 Å². The van der Waals surface area contributed by atoms with Gasteiger partial charge in [0.15, 0.2) is 0 Å². The van der Waals surface area contributed by atoms with Crippen LogP contribution in [0.3, 0.4) is 0 Å². The van der Waals surface area contributed by atoms with Crippen LogP contribution in [-0.2, 0) is 0 Å². The lowest BCUT2D eigenvalue weighted by Crippen LogP contribution is -2.21. The Balaban J connectivity index is 1.72. The molecule has 0 bridgehead atoms. The second-order valence-corrected chi connectivity index (χ2v) is 6.09. The maximum absolute atomic E-state index is 6.32. The molecule has 19 heavy (non-hydrogen) atoms. The zero-order chi connectivity index (χ0) is 13.1. The molecule has 0 amide bonds. The number of ether oxygens (including phenoxy) is 1. The van der Waals surface area contributed by atoms with E-state index in [0.717, 1.165) is 29.5 Å². The lowest BCUT2D eigenvalue weighted by atomic mass is 9.98. The van der Waals surface area contributed by atoms with Crippen molar-refractivity contribution in [2.75, 3.05) is 18.0 Å². The summed E-state index contributed by atoms with van der Waals surface area (Å²) in [7, 11) is 0. The normalized spacial score (nSPS) is 20.8. The van der Waals surface area contributed by atoms with E-state index in [2.05, 4.69) is 11.0 Å². The van der Waals surface area contributed by atoms with E-state index < -0.39 is 0 Å². The largest absolute Gasteiger partial charge is 0.490 e. The van der Waals surface area contributed by atoms with Gasteiger partial charge in [0.1, 0.15) is 5.75 Å². The number of nitrogens with zero attached hydrogens (tertiary/aromatic N) is 1. The van der Waals surface area contributed by atoms with Crippen molar-refractivity contribution in [1.82, 2.24) is 0 Å². The topological polar surface area (TPSA) is 12.5 Å². The van der Waals surface area contributed by atoms with E-state index in [-0.39, 0.29) is 0 Å². The van der Waals surface area contributed by atoms with Crippen LogP contribution in [0.15, 0.2) is 18.2 Å². The first kappa shape index (κ1) is 13.1. The summed E-state index contributed by atoms with van der Waals surface area (Å²) in [6.45, 7) is 2.24. The van der Waals surface area contributed by atoms with Gasteiger partial charge in [-0.2, -0.15) is 0 Å². The SMILES string of the molecule is Clc1ccc(OC2CCCCC2)cc1N1CCCC1. The first-order valence-corrected chi connectivity index (χ1v) is 7.92. The molecule has 104 valence electrons. The Labute approximate surface area is 120 Å². The molecular formula is C16H22ClNO. The molecule has 2 aliphatic rings. The molecule has 0 atom stereocenters. The van der Waals surface area contributed by atoms with Gasteiger partial charge in [-0.25, -0.2) is 0 Å². The molecule has 0 spiro atoms. The third kappa shape index (κ3) is 3.17. The number of rotatable bonds is 3. The Bertz CT molecular complexity index is 423. The van der Waals surface area contributed by atoms with E-state index in [0.29, 0.717) is 6.10 Å². The Morgan fingerprint density at radius 3 is 2.47 bits per heavy atom. The summed E-state index contributed by atoms with van der Waals surface area (Å²) < 4.78 is 6.13. The maximum atomic E-state index is 6.32. The molecule has 1 saturated carbocycles. The van der Waals surface area contributed by atoms with Gasteiger partial charge in [-0.3, -0.25) is 0 Å². The Hall–Kier alpha value is -0.890. The van der Waals surface area contributed by atoms with E-state index in [4.69, 9.17) is 16.3 Å². The number of halogens is 1. The van der Waals surface area contributed by atoms with Crippen LogP contribution in [0.5, 0.6) is 5.75 Å². The van der Waals surface area contributed by atoms with Crippen molar-refractivity contribution in [3.05, 3.63) is 23.2 Å². The minimum absolute atomic E-state index is 0.404. The monoisotopic (exact) mass is 279 g/mol. The minimum atomic E-state index is 0.404. The van der Waals surface area contributed by atoms with E-state index in [9.17, 15) is 0 Å². The van der Waals surface area contributed by atoms with Gasteiger partial charge in [-0.15, -0.1) is 0 Å². The van der Waals surface area contributed by atoms with E-state index >= 15 is 0 Å². The lowest BCUT2D eigenvalue weighted by molar-refractivity contribution is 0.155. The van der Waals surface area contributed by atoms with Gasteiger partial charge in [0.2, 0.25) is 0 Å². The van der Waals surface area contributed by atoms with E-state index in [1.165, 1.54) is 44.9 Å². The first-order valence-electron chi connectivity index (χ1n) is 7.54. The molecule has 0 radical (unpaired) electrons. The van der Waals surface area contributed by atoms with Crippen molar-refractivity contribution in [2.45, 2.75) is 51.0 Å². The van der Waals surface area contributed by atoms with Crippen LogP contribution >= 0.6 is 11.6 Å². The maximum Gasteiger partial charge on any atom is 0.121 e. The standard InChI is InChI=1S/C16H22ClNO/c17-15-9-8-14(19-13-6-2-1-3-7-13)12-16(15)18-10-4-5-11-18/h8-9,12-13H,1-7,10-11H2. The highest BCUT2D eigenvalue weighted by molar-refractivity contribution is 6.33. The van der Waals surface area contributed by atoms with Crippen molar-refractivity contribution in [3.8, 4) is 5.75 Å². The Morgan fingerprint density at radius 1 is 1.00 bits per heavy atom. The summed E-state index contributed by atoms with van der Waals surface area (Å²) in [5.41, 5.74) is 1.15. The third-order valence-corrected chi connectivity index (χ3v) is 4.54. The molecular weight excluding hydrogens is 258 g/mol. The third-order valence-electron chi connectivity index (χ3n) is 4.22. The molecule has 2 nitrogen and oxygen atoms in total. The molecule has 1 heterocycles. The average Bonchev–Trinajstić information content (AvgIpc) is 2.96. The van der Waals surface area contributed by atoms with Gasteiger partial charge in [0, 0.05) is 19.2 Å². The molecule has 3 heteroatoms. The van der Waals surface area contributed by atoms with Crippen molar-refractivity contribution in [2.24, 2.45) is 0 Å². The predicted octanol–water partition coefficient (Wildman–Crippen LogP) is 4.65. The predicted molar refractivity (Wildman–Crippen MR) is 80.4 cm³/mol. The number of anilines is 1. The zero-order valence-corrected chi connectivity index (χ0v) is 12.2. The fourth-order valence-corrected chi connectivity index (χ4v) is 3.38. The molecule has 2 fully saturated rings. The van der Waals surface area contributed by atoms with Gasteiger partial charge in [-0.1, -0.05) is 18.0 Å². The van der Waals surface area contributed by atoms with Gasteiger partial charge in [-0.05, 0) is 50.7 Å². The van der Waals surface area contributed by atoms with E-state index in [1.54, 1.807) is 0 Å². The first-order chi connectivity index (χ1) is 9.33. The van der Waals surface area contributed by atoms with Gasteiger partial charge < -0.3 is 9.64 Å². The molecule has 1 aliphatic heterocycles. The summed E-state index contributed by atoms with van der Waals surface area (Å²) in [4.78, 5) is 2.37. The smallest absolute Gasteiger partial charge is 0.121 e. The fraction of sp³-hybridized carbons (Fsp3) is 0.625. The summed E-state index contributed by atoms with van der Waals surface area (Å²) in [6.07, 6.45) is 9.30. The second-order valence-electron chi connectivity index (χ2n) is 5.69. The molecule has 1 aromatic rings. The van der Waals surface area contributed by atoms with Crippen LogP contribution in [0.2, 0.25) is 5.02 Å². The van der Waals surface area contributed by atoms with Crippen molar-refractivity contribution in [3.63, 3.8) is 0 Å². The highest BCUT2D eigenvalue weighted by Gasteiger charge is 2.18. The fourth-order valence-electron chi connectivity index (χ4n) is 3.14. The second kappa shape index (κ2) is 6.04. The van der Waals surface area contributed by atoms with Crippen LogP contribution in [-0.4, -0.2) is 19.2 Å². The van der Waals surface area contributed by atoms with Crippen LogP contribution in [0.4, 0.5) is 5.69 Å². The summed E-state index contributed by atoms with van der Waals surface area (Å²) in [5.74, 6) is 0.984. The molecule has 0 aromatic heterocycles. The van der Waals surface area contributed by atoms with Crippen LogP contribution < -0.4 is 9.64 Å². The summed E-state index contributed by atoms with van der Waals surface area (Å²) in [5, 5.41) is 0.845. The average molecular weight is 280 g/mol. The quantitative estimate of drug-likeness (QED) is 0.798. The minimum Gasteiger partial charge on any atom is -0.490 e. The molecule has 1 aromatic carbocycles. The van der Waals surface area contributed by atoms with Crippen molar-refractivity contribution >= 4 is 17.3 Å². The Morgan fingerprint density at radius 2 is 1.74 bits per heavy atom. The number of hydrogen-bond acceptors (Lipinski definition) is 2. The van der Waals surface area contributed by atoms with Crippen molar-refractivity contribution < 1.29 is 4.74 Å². The van der Waals surface area contributed by atoms with Gasteiger partial charge in [0.25, 0.3) is 0 Å². The number of hydrogen-bond donors (Lipinski definition) is 0. The van der Waals surface area contributed by atoms with Crippen LogP contribution in [0.1, 0.15) is 44.9 Å². The van der Waals surface area contributed by atoms with Crippen LogP contribution in [0.25, 0.3) is 0 Å². The van der Waals surface area contributed by atoms with Gasteiger partial charge >= 0.3 is 0 Å². The van der Waals surface area contributed by atoms with Gasteiger partial charge in [0.05, 0.1) is 16.8 Å².